The molecule has 1 aromatic rings. The fourth-order valence-corrected chi connectivity index (χ4v) is 1.88. The highest BCUT2D eigenvalue weighted by Crippen LogP contribution is 2.29. The van der Waals surface area contributed by atoms with E-state index in [0.717, 1.165) is 16.7 Å². The van der Waals surface area contributed by atoms with Gasteiger partial charge in [0.1, 0.15) is 0 Å². The van der Waals surface area contributed by atoms with Crippen molar-refractivity contribution in [2.24, 2.45) is 5.73 Å². The van der Waals surface area contributed by atoms with Gasteiger partial charge in [0.05, 0.1) is 0 Å². The van der Waals surface area contributed by atoms with Gasteiger partial charge in [-0.1, -0.05) is 18.2 Å². The highest BCUT2D eigenvalue weighted by molar-refractivity contribution is 5.85. The van der Waals surface area contributed by atoms with Gasteiger partial charge in [-0.3, -0.25) is 0 Å². The highest BCUT2D eigenvalue weighted by Gasteiger charge is 2.28. The van der Waals surface area contributed by atoms with Crippen molar-refractivity contribution in [1.29, 1.82) is 0 Å². The molecule has 1 aromatic carbocycles. The van der Waals surface area contributed by atoms with Crippen LogP contribution in [-0.2, 0) is 0 Å². The molecule has 0 fully saturated rings. The first-order valence-electron chi connectivity index (χ1n) is 5.19. The summed E-state index contributed by atoms with van der Waals surface area (Å²) in [7, 11) is 0. The maximum Gasteiger partial charge on any atom is 0.389 e. The van der Waals surface area contributed by atoms with Crippen LogP contribution in [0.1, 0.15) is 35.6 Å². The normalized spacial score (nSPS) is 13.1. The number of alkyl halides is 3. The first kappa shape index (κ1) is 16.3. The van der Waals surface area contributed by atoms with Crippen LogP contribution >= 0.6 is 12.4 Å². The molecule has 1 nitrogen and oxygen atoms in total. The van der Waals surface area contributed by atoms with E-state index < -0.39 is 18.6 Å². The lowest BCUT2D eigenvalue weighted by molar-refractivity contribution is -0.136. The Bertz CT molecular complexity index is 343. The van der Waals surface area contributed by atoms with Gasteiger partial charge in [0.25, 0.3) is 0 Å². The van der Waals surface area contributed by atoms with Crippen LogP contribution in [-0.4, -0.2) is 6.18 Å². The molecule has 0 saturated carbocycles. The molecule has 0 aliphatic rings. The lowest BCUT2D eigenvalue weighted by Gasteiger charge is -2.18. The number of benzene rings is 1. The molecule has 0 unspecified atom stereocenters. The maximum atomic E-state index is 12.1. The Labute approximate surface area is 106 Å². The molecule has 0 bridgehead atoms. The number of rotatable bonds is 3. The zero-order chi connectivity index (χ0) is 12.3. The Morgan fingerprint density at radius 1 is 1.18 bits per heavy atom. The summed E-state index contributed by atoms with van der Waals surface area (Å²) in [5.41, 5.74) is 8.55. The Morgan fingerprint density at radius 3 is 2.06 bits per heavy atom. The fourth-order valence-electron chi connectivity index (χ4n) is 1.88. The second-order valence-electron chi connectivity index (χ2n) is 4.07. The smallest absolute Gasteiger partial charge is 0.324 e. The van der Waals surface area contributed by atoms with Gasteiger partial charge in [0.2, 0.25) is 0 Å². The summed E-state index contributed by atoms with van der Waals surface area (Å²) in [4.78, 5) is 0. The van der Waals surface area contributed by atoms with E-state index in [2.05, 4.69) is 0 Å². The third kappa shape index (κ3) is 4.96. The summed E-state index contributed by atoms with van der Waals surface area (Å²) >= 11 is 0. The van der Waals surface area contributed by atoms with Crippen molar-refractivity contribution in [2.45, 2.75) is 38.9 Å². The molecule has 0 amide bonds. The first-order valence-corrected chi connectivity index (χ1v) is 5.19. The Hall–Kier alpha value is -0.740. The maximum absolute atomic E-state index is 12.1. The monoisotopic (exact) mass is 267 g/mol. The molecule has 0 aliphatic heterocycles. The van der Waals surface area contributed by atoms with Gasteiger partial charge in [-0.2, -0.15) is 13.2 Å². The van der Waals surface area contributed by atoms with E-state index in [-0.39, 0.29) is 18.8 Å². The molecular formula is C12H17ClF3N. The number of aryl methyl sites for hydroxylation is 2. The van der Waals surface area contributed by atoms with Crippen molar-refractivity contribution >= 4 is 12.4 Å². The largest absolute Gasteiger partial charge is 0.389 e. The molecule has 1 rings (SSSR count). The molecule has 98 valence electrons. The lowest BCUT2D eigenvalue weighted by atomic mass is 9.94. The quantitative estimate of drug-likeness (QED) is 0.878. The van der Waals surface area contributed by atoms with Crippen molar-refractivity contribution < 1.29 is 13.2 Å². The SMILES string of the molecule is Cc1cccc(C)c1[C@@H](N)CCC(F)(F)F.Cl. The molecule has 0 aromatic heterocycles. The highest BCUT2D eigenvalue weighted by atomic mass is 35.5. The van der Waals surface area contributed by atoms with Gasteiger partial charge in [0.15, 0.2) is 0 Å². The fraction of sp³-hybridized carbons (Fsp3) is 0.500. The van der Waals surface area contributed by atoms with Gasteiger partial charge in [0, 0.05) is 12.5 Å². The van der Waals surface area contributed by atoms with Crippen LogP contribution < -0.4 is 5.73 Å². The van der Waals surface area contributed by atoms with Gasteiger partial charge in [-0.05, 0) is 37.0 Å². The summed E-state index contributed by atoms with van der Waals surface area (Å²) < 4.78 is 36.2. The molecule has 0 spiro atoms. The minimum atomic E-state index is -4.13. The number of hydrogen-bond donors (Lipinski definition) is 1. The van der Waals surface area contributed by atoms with Crippen LogP contribution in [0.5, 0.6) is 0 Å². The molecule has 0 heterocycles. The van der Waals surface area contributed by atoms with Gasteiger partial charge in [-0.15, -0.1) is 12.4 Å². The Kier molecular flexibility index (Phi) is 5.99. The summed E-state index contributed by atoms with van der Waals surface area (Å²) in [6.07, 6.45) is -5.02. The predicted molar refractivity (Wildman–Crippen MR) is 65.4 cm³/mol. The van der Waals surface area contributed by atoms with Crippen LogP contribution in [0.15, 0.2) is 18.2 Å². The van der Waals surface area contributed by atoms with Crippen LogP contribution in [0.4, 0.5) is 13.2 Å². The van der Waals surface area contributed by atoms with E-state index in [1.54, 1.807) is 0 Å². The molecule has 17 heavy (non-hydrogen) atoms. The number of nitrogens with two attached hydrogens (primary N) is 1. The third-order valence-corrected chi connectivity index (χ3v) is 2.65. The minimum Gasteiger partial charge on any atom is -0.324 e. The second kappa shape index (κ2) is 6.26. The van der Waals surface area contributed by atoms with E-state index in [4.69, 9.17) is 5.73 Å². The Morgan fingerprint density at radius 2 is 1.65 bits per heavy atom. The van der Waals surface area contributed by atoms with Crippen molar-refractivity contribution in [2.75, 3.05) is 0 Å². The molecule has 0 saturated heterocycles. The van der Waals surface area contributed by atoms with E-state index in [1.807, 2.05) is 32.0 Å². The molecule has 1 atom stereocenters. The zero-order valence-electron chi connectivity index (χ0n) is 9.84. The molecule has 2 N–H and O–H groups in total. The van der Waals surface area contributed by atoms with Crippen molar-refractivity contribution in [3.63, 3.8) is 0 Å². The van der Waals surface area contributed by atoms with E-state index >= 15 is 0 Å². The summed E-state index contributed by atoms with van der Waals surface area (Å²) in [5, 5.41) is 0. The van der Waals surface area contributed by atoms with Crippen molar-refractivity contribution in [3.05, 3.63) is 34.9 Å². The third-order valence-electron chi connectivity index (χ3n) is 2.65. The van der Waals surface area contributed by atoms with E-state index in [9.17, 15) is 13.2 Å². The summed E-state index contributed by atoms with van der Waals surface area (Å²) in [5.74, 6) is 0. The second-order valence-corrected chi connectivity index (χ2v) is 4.07. The zero-order valence-corrected chi connectivity index (χ0v) is 10.7. The number of halogens is 4. The van der Waals surface area contributed by atoms with E-state index in [1.165, 1.54) is 0 Å². The first-order chi connectivity index (χ1) is 7.31. The minimum absolute atomic E-state index is 0. The predicted octanol–water partition coefficient (Wildman–Crippen LogP) is 4.07. The number of hydrogen-bond acceptors (Lipinski definition) is 1. The molecular weight excluding hydrogens is 251 g/mol. The van der Waals surface area contributed by atoms with Crippen LogP contribution in [0, 0.1) is 13.8 Å². The summed E-state index contributed by atoms with van der Waals surface area (Å²) in [6, 6.07) is 5.08. The van der Waals surface area contributed by atoms with E-state index in [0.29, 0.717) is 0 Å². The van der Waals surface area contributed by atoms with Crippen LogP contribution in [0.2, 0.25) is 0 Å². The molecule has 5 heteroatoms. The van der Waals surface area contributed by atoms with Gasteiger partial charge >= 0.3 is 6.18 Å². The van der Waals surface area contributed by atoms with Crippen LogP contribution in [0.25, 0.3) is 0 Å². The molecule has 0 aliphatic carbocycles. The van der Waals surface area contributed by atoms with Crippen LogP contribution in [0.3, 0.4) is 0 Å². The van der Waals surface area contributed by atoms with Gasteiger partial charge in [-0.25, -0.2) is 0 Å². The lowest BCUT2D eigenvalue weighted by Crippen LogP contribution is -2.17. The topological polar surface area (TPSA) is 26.0 Å². The van der Waals surface area contributed by atoms with Crippen molar-refractivity contribution in [3.8, 4) is 0 Å². The standard InChI is InChI=1S/C12H16F3N.ClH/c1-8-4-3-5-9(2)11(8)10(16)6-7-12(13,14)15;/h3-5,10H,6-7,16H2,1-2H3;1H/t10-;/m0./s1. The summed E-state index contributed by atoms with van der Waals surface area (Å²) in [6.45, 7) is 3.74. The van der Waals surface area contributed by atoms with Crippen molar-refractivity contribution in [1.82, 2.24) is 0 Å². The average Bonchev–Trinajstić information content (AvgIpc) is 2.13. The average molecular weight is 268 g/mol. The molecule has 0 radical (unpaired) electrons. The Balaban J connectivity index is 0.00000256. The van der Waals surface area contributed by atoms with Gasteiger partial charge < -0.3 is 5.73 Å².